The third-order valence-electron chi connectivity index (χ3n) is 3.29. The molecule has 1 aliphatic rings. The molecule has 0 aliphatic heterocycles. The second-order valence-corrected chi connectivity index (χ2v) is 4.72. The lowest BCUT2D eigenvalue weighted by Crippen LogP contribution is -2.38. The first-order valence-electron chi connectivity index (χ1n) is 6.25. The van der Waals surface area contributed by atoms with Crippen LogP contribution in [0, 0.1) is 5.92 Å². The van der Waals surface area contributed by atoms with Crippen LogP contribution in [0.5, 0.6) is 0 Å². The number of nitrogen functional groups attached to an aromatic ring is 1. The number of amides is 1. The number of hydrogen-bond donors (Lipinski definition) is 3. The van der Waals surface area contributed by atoms with Crippen molar-refractivity contribution in [1.82, 2.24) is 20.1 Å². The third-order valence-corrected chi connectivity index (χ3v) is 3.29. The van der Waals surface area contributed by atoms with Crippen LogP contribution in [0.1, 0.15) is 25.7 Å². The van der Waals surface area contributed by atoms with Crippen molar-refractivity contribution < 1.29 is 9.90 Å². The van der Waals surface area contributed by atoms with E-state index in [1.807, 2.05) is 0 Å². The standard InChI is InChI=1S/C11H19N5O2/c12-11-14-7-16(15-11)6-10(18)13-5-8-3-1-2-4-9(8)17/h7-9,17H,1-6H2,(H2,12,15)(H,13,18). The van der Waals surface area contributed by atoms with E-state index in [1.165, 1.54) is 11.0 Å². The molecule has 0 radical (unpaired) electrons. The zero-order chi connectivity index (χ0) is 13.0. The number of nitrogens with zero attached hydrogens (tertiary/aromatic N) is 3. The molecule has 1 aliphatic carbocycles. The number of carbonyl (C=O) groups excluding carboxylic acids is 1. The molecule has 2 rings (SSSR count). The van der Waals surface area contributed by atoms with Gasteiger partial charge in [0.2, 0.25) is 11.9 Å². The van der Waals surface area contributed by atoms with Crippen LogP contribution in [0.3, 0.4) is 0 Å². The predicted octanol–water partition coefficient (Wildman–Crippen LogP) is -0.472. The monoisotopic (exact) mass is 253 g/mol. The lowest BCUT2D eigenvalue weighted by atomic mass is 9.86. The van der Waals surface area contributed by atoms with Gasteiger partial charge in [-0.05, 0) is 12.8 Å². The number of nitrogens with two attached hydrogens (primary N) is 1. The number of hydrogen-bond acceptors (Lipinski definition) is 5. The Balaban J connectivity index is 1.74. The van der Waals surface area contributed by atoms with Crippen molar-refractivity contribution in [2.75, 3.05) is 12.3 Å². The molecule has 7 nitrogen and oxygen atoms in total. The Morgan fingerprint density at radius 1 is 1.56 bits per heavy atom. The first-order valence-corrected chi connectivity index (χ1v) is 6.25. The molecule has 0 bridgehead atoms. The van der Waals surface area contributed by atoms with Gasteiger partial charge in [0.25, 0.3) is 0 Å². The highest BCUT2D eigenvalue weighted by Crippen LogP contribution is 2.23. The second kappa shape index (κ2) is 5.81. The average Bonchev–Trinajstić information content (AvgIpc) is 2.74. The fraction of sp³-hybridized carbons (Fsp3) is 0.727. The normalized spacial score (nSPS) is 23.8. The Morgan fingerprint density at radius 2 is 2.33 bits per heavy atom. The lowest BCUT2D eigenvalue weighted by Gasteiger charge is -2.27. The number of aromatic nitrogens is 3. The van der Waals surface area contributed by atoms with Crippen molar-refractivity contribution >= 4 is 11.9 Å². The van der Waals surface area contributed by atoms with E-state index in [4.69, 9.17) is 5.73 Å². The molecule has 2 atom stereocenters. The summed E-state index contributed by atoms with van der Waals surface area (Å²) < 4.78 is 1.39. The molecule has 0 spiro atoms. The van der Waals surface area contributed by atoms with E-state index in [-0.39, 0.29) is 30.4 Å². The summed E-state index contributed by atoms with van der Waals surface area (Å²) in [5.41, 5.74) is 5.36. The van der Waals surface area contributed by atoms with E-state index >= 15 is 0 Å². The van der Waals surface area contributed by atoms with Crippen LogP contribution >= 0.6 is 0 Å². The maximum Gasteiger partial charge on any atom is 0.241 e. The predicted molar refractivity (Wildman–Crippen MR) is 65.4 cm³/mol. The minimum Gasteiger partial charge on any atom is -0.393 e. The summed E-state index contributed by atoms with van der Waals surface area (Å²) in [6.07, 6.45) is 5.13. The highest BCUT2D eigenvalue weighted by atomic mass is 16.3. The molecule has 1 aromatic rings. The molecule has 4 N–H and O–H groups in total. The van der Waals surface area contributed by atoms with Gasteiger partial charge in [-0.2, -0.15) is 0 Å². The summed E-state index contributed by atoms with van der Waals surface area (Å²) in [7, 11) is 0. The second-order valence-electron chi connectivity index (χ2n) is 4.72. The van der Waals surface area contributed by atoms with Gasteiger partial charge < -0.3 is 16.2 Å². The Hall–Kier alpha value is -1.63. The first kappa shape index (κ1) is 12.8. The van der Waals surface area contributed by atoms with Crippen LogP contribution in [0.25, 0.3) is 0 Å². The molecule has 1 amide bonds. The van der Waals surface area contributed by atoms with E-state index in [2.05, 4.69) is 15.4 Å². The van der Waals surface area contributed by atoms with Gasteiger partial charge in [0.05, 0.1) is 6.10 Å². The van der Waals surface area contributed by atoms with Gasteiger partial charge in [-0.3, -0.25) is 4.79 Å². The average molecular weight is 253 g/mol. The van der Waals surface area contributed by atoms with Crippen molar-refractivity contribution in [2.45, 2.75) is 38.3 Å². The van der Waals surface area contributed by atoms with Gasteiger partial charge in [0.15, 0.2) is 0 Å². The first-order chi connectivity index (χ1) is 8.65. The molecule has 18 heavy (non-hydrogen) atoms. The van der Waals surface area contributed by atoms with E-state index in [9.17, 15) is 9.90 Å². The van der Waals surface area contributed by atoms with Crippen molar-refractivity contribution in [3.63, 3.8) is 0 Å². The molecule has 1 saturated carbocycles. The summed E-state index contributed by atoms with van der Waals surface area (Å²) in [5.74, 6) is 0.187. The summed E-state index contributed by atoms with van der Waals surface area (Å²) in [4.78, 5) is 15.4. The summed E-state index contributed by atoms with van der Waals surface area (Å²) in [6, 6.07) is 0. The Kier molecular flexibility index (Phi) is 4.14. The van der Waals surface area contributed by atoms with Crippen LogP contribution in [-0.4, -0.2) is 38.4 Å². The molecule has 1 fully saturated rings. The van der Waals surface area contributed by atoms with Crippen LogP contribution in [-0.2, 0) is 11.3 Å². The van der Waals surface area contributed by atoms with E-state index in [0.717, 1.165) is 25.7 Å². The number of rotatable bonds is 4. The molecular formula is C11H19N5O2. The van der Waals surface area contributed by atoms with Crippen LogP contribution in [0.2, 0.25) is 0 Å². The molecule has 1 heterocycles. The van der Waals surface area contributed by atoms with E-state index in [1.54, 1.807) is 0 Å². The topological polar surface area (TPSA) is 106 Å². The molecule has 0 aromatic carbocycles. The fourth-order valence-electron chi connectivity index (χ4n) is 2.26. The van der Waals surface area contributed by atoms with Crippen molar-refractivity contribution in [2.24, 2.45) is 5.92 Å². The number of aliphatic hydroxyl groups excluding tert-OH is 1. The molecule has 2 unspecified atom stereocenters. The Bertz CT molecular complexity index is 406. The molecular weight excluding hydrogens is 234 g/mol. The lowest BCUT2D eigenvalue weighted by molar-refractivity contribution is -0.122. The van der Waals surface area contributed by atoms with Crippen molar-refractivity contribution in [3.8, 4) is 0 Å². The van der Waals surface area contributed by atoms with E-state index < -0.39 is 0 Å². The van der Waals surface area contributed by atoms with Gasteiger partial charge in [-0.15, -0.1) is 5.10 Å². The molecule has 7 heteroatoms. The third kappa shape index (κ3) is 3.43. The van der Waals surface area contributed by atoms with Gasteiger partial charge in [0, 0.05) is 12.5 Å². The van der Waals surface area contributed by atoms with Crippen LogP contribution in [0.15, 0.2) is 6.33 Å². The zero-order valence-corrected chi connectivity index (χ0v) is 10.2. The van der Waals surface area contributed by atoms with E-state index in [0.29, 0.717) is 6.54 Å². The Morgan fingerprint density at radius 3 is 3.00 bits per heavy atom. The SMILES string of the molecule is Nc1ncn(CC(=O)NCC2CCCCC2O)n1. The highest BCUT2D eigenvalue weighted by Gasteiger charge is 2.23. The maximum absolute atomic E-state index is 11.6. The highest BCUT2D eigenvalue weighted by molar-refractivity contribution is 5.75. The van der Waals surface area contributed by atoms with Crippen LogP contribution < -0.4 is 11.1 Å². The fourth-order valence-corrected chi connectivity index (χ4v) is 2.26. The smallest absolute Gasteiger partial charge is 0.241 e. The van der Waals surface area contributed by atoms with Gasteiger partial charge >= 0.3 is 0 Å². The molecule has 1 aromatic heterocycles. The van der Waals surface area contributed by atoms with Gasteiger partial charge in [-0.25, -0.2) is 9.67 Å². The minimum absolute atomic E-state index is 0.104. The van der Waals surface area contributed by atoms with Crippen LogP contribution in [0.4, 0.5) is 5.95 Å². The number of aliphatic hydroxyl groups is 1. The minimum atomic E-state index is -0.291. The van der Waals surface area contributed by atoms with Crippen molar-refractivity contribution in [1.29, 1.82) is 0 Å². The van der Waals surface area contributed by atoms with Crippen molar-refractivity contribution in [3.05, 3.63) is 6.33 Å². The largest absolute Gasteiger partial charge is 0.393 e. The van der Waals surface area contributed by atoms with Gasteiger partial charge in [-0.1, -0.05) is 12.8 Å². The number of anilines is 1. The molecule has 0 saturated heterocycles. The Labute approximate surface area is 105 Å². The summed E-state index contributed by atoms with van der Waals surface area (Å²) in [6.45, 7) is 0.622. The maximum atomic E-state index is 11.6. The van der Waals surface area contributed by atoms with Gasteiger partial charge in [0.1, 0.15) is 12.9 Å². The quantitative estimate of drug-likeness (QED) is 0.672. The summed E-state index contributed by atoms with van der Waals surface area (Å²) >= 11 is 0. The zero-order valence-electron chi connectivity index (χ0n) is 10.2. The number of nitrogens with one attached hydrogen (secondary N) is 1. The molecule has 100 valence electrons. The number of carbonyl (C=O) groups is 1. The summed E-state index contributed by atoms with van der Waals surface area (Å²) in [5, 5.41) is 16.4.